The van der Waals surface area contributed by atoms with Gasteiger partial charge in [0, 0.05) is 12.1 Å². The van der Waals surface area contributed by atoms with E-state index in [1.165, 1.54) is 12.5 Å². The van der Waals surface area contributed by atoms with Gasteiger partial charge in [0.2, 0.25) is 0 Å². The van der Waals surface area contributed by atoms with E-state index in [0.717, 1.165) is 29.5 Å². The van der Waals surface area contributed by atoms with Crippen molar-refractivity contribution in [1.82, 2.24) is 15.3 Å². The second-order valence-corrected chi connectivity index (χ2v) is 8.52. The highest BCUT2D eigenvalue weighted by molar-refractivity contribution is 5.89. The van der Waals surface area contributed by atoms with Crippen LogP contribution in [-0.2, 0) is 16.1 Å². The average molecular weight is 461 g/mol. The van der Waals surface area contributed by atoms with Gasteiger partial charge >= 0.3 is 12.1 Å². The van der Waals surface area contributed by atoms with Gasteiger partial charge in [0.05, 0.1) is 17.6 Å². The number of benzene rings is 2. The highest BCUT2D eigenvalue weighted by atomic mass is 16.6. The summed E-state index contributed by atoms with van der Waals surface area (Å²) in [6.07, 6.45) is 4.86. The zero-order valence-electron chi connectivity index (χ0n) is 19.0. The van der Waals surface area contributed by atoms with Crippen LogP contribution in [0.3, 0.4) is 0 Å². The predicted molar refractivity (Wildman–Crippen MR) is 128 cm³/mol. The molecule has 2 aromatic carbocycles. The molecule has 1 heterocycles. The zero-order chi connectivity index (χ0) is 23.9. The molecule has 0 saturated heterocycles. The SMILES string of the molecule is CC(OC(=O)Nc1cncnc1-c1ccc(CNC(CC2CC2)C(=O)O)cc1)c1ccccc1. The van der Waals surface area contributed by atoms with Crippen LogP contribution in [0.5, 0.6) is 0 Å². The zero-order valence-corrected chi connectivity index (χ0v) is 19.0. The number of hydrogen-bond acceptors (Lipinski definition) is 6. The standard InChI is InChI=1S/C26H28N4O4/c1-17(20-5-3-2-4-6-20)34-26(33)30-23-15-27-16-29-24(23)21-11-9-19(10-12-21)14-28-22(25(31)32)13-18-7-8-18/h2-6,9-12,15-18,22,28H,7-8,13-14H2,1H3,(H,30,33)(H,31,32). The Kier molecular flexibility index (Phi) is 7.49. The molecule has 2 atom stereocenters. The summed E-state index contributed by atoms with van der Waals surface area (Å²) in [4.78, 5) is 32.3. The van der Waals surface area contributed by atoms with E-state index in [9.17, 15) is 14.7 Å². The van der Waals surface area contributed by atoms with E-state index in [1.54, 1.807) is 0 Å². The molecule has 8 heteroatoms. The fourth-order valence-electron chi connectivity index (χ4n) is 3.72. The van der Waals surface area contributed by atoms with Gasteiger partial charge < -0.3 is 15.2 Å². The molecule has 0 radical (unpaired) electrons. The summed E-state index contributed by atoms with van der Waals surface area (Å²) in [5.74, 6) is -0.282. The number of ether oxygens (including phenoxy) is 1. The summed E-state index contributed by atoms with van der Waals surface area (Å²) < 4.78 is 5.49. The summed E-state index contributed by atoms with van der Waals surface area (Å²) in [5, 5.41) is 15.3. The van der Waals surface area contributed by atoms with Crippen LogP contribution in [0.2, 0.25) is 0 Å². The minimum atomic E-state index is -0.811. The number of carbonyl (C=O) groups is 2. The van der Waals surface area contributed by atoms with Crippen molar-refractivity contribution in [3.63, 3.8) is 0 Å². The van der Waals surface area contributed by atoms with Gasteiger partial charge in [-0.15, -0.1) is 0 Å². The highest BCUT2D eigenvalue weighted by Crippen LogP contribution is 2.33. The van der Waals surface area contributed by atoms with Crippen molar-refractivity contribution in [3.8, 4) is 11.3 Å². The lowest BCUT2D eigenvalue weighted by atomic mass is 10.1. The topological polar surface area (TPSA) is 113 Å². The maximum absolute atomic E-state index is 12.5. The second kappa shape index (κ2) is 10.9. The number of aliphatic carboxylic acids is 1. The fourth-order valence-corrected chi connectivity index (χ4v) is 3.72. The molecule has 4 rings (SSSR count). The Balaban J connectivity index is 1.38. The first kappa shape index (κ1) is 23.4. The molecule has 0 spiro atoms. The summed E-state index contributed by atoms with van der Waals surface area (Å²) in [6, 6.07) is 16.6. The van der Waals surface area contributed by atoms with E-state index in [0.29, 0.717) is 30.3 Å². The van der Waals surface area contributed by atoms with Gasteiger partial charge in [-0.25, -0.2) is 14.8 Å². The van der Waals surface area contributed by atoms with Crippen LogP contribution in [0.15, 0.2) is 67.1 Å². The molecule has 34 heavy (non-hydrogen) atoms. The number of nitrogens with zero attached hydrogens (tertiary/aromatic N) is 2. The third-order valence-corrected chi connectivity index (χ3v) is 5.85. The Labute approximate surface area is 198 Å². The number of amides is 1. The normalized spacial score (nSPS) is 14.7. The summed E-state index contributed by atoms with van der Waals surface area (Å²) >= 11 is 0. The van der Waals surface area contributed by atoms with Gasteiger partial charge in [0.15, 0.2) is 0 Å². The van der Waals surface area contributed by atoms with Crippen LogP contribution in [0, 0.1) is 5.92 Å². The second-order valence-electron chi connectivity index (χ2n) is 8.52. The van der Waals surface area contributed by atoms with Gasteiger partial charge in [0.1, 0.15) is 18.5 Å². The molecule has 0 bridgehead atoms. The van der Waals surface area contributed by atoms with E-state index >= 15 is 0 Å². The summed E-state index contributed by atoms with van der Waals surface area (Å²) in [7, 11) is 0. The molecule has 3 N–H and O–H groups in total. The van der Waals surface area contributed by atoms with Crippen molar-refractivity contribution in [2.45, 2.75) is 44.9 Å². The van der Waals surface area contributed by atoms with E-state index in [-0.39, 0.29) is 0 Å². The lowest BCUT2D eigenvalue weighted by molar-refractivity contribution is -0.139. The Morgan fingerprint density at radius 1 is 1.12 bits per heavy atom. The lowest BCUT2D eigenvalue weighted by Crippen LogP contribution is -2.36. The molecule has 8 nitrogen and oxygen atoms in total. The van der Waals surface area contributed by atoms with Crippen LogP contribution in [0.25, 0.3) is 11.3 Å². The van der Waals surface area contributed by atoms with E-state index < -0.39 is 24.2 Å². The minimum absolute atomic E-state index is 0.407. The highest BCUT2D eigenvalue weighted by Gasteiger charge is 2.28. The largest absolute Gasteiger partial charge is 0.480 e. The smallest absolute Gasteiger partial charge is 0.412 e. The van der Waals surface area contributed by atoms with Gasteiger partial charge in [-0.3, -0.25) is 10.1 Å². The number of aromatic nitrogens is 2. The monoisotopic (exact) mass is 460 g/mol. The summed E-state index contributed by atoms with van der Waals surface area (Å²) in [6.45, 7) is 2.27. The Morgan fingerprint density at radius 2 is 1.85 bits per heavy atom. The fraction of sp³-hybridized carbons (Fsp3) is 0.308. The van der Waals surface area contributed by atoms with Gasteiger partial charge in [-0.2, -0.15) is 0 Å². The van der Waals surface area contributed by atoms with Gasteiger partial charge in [0.25, 0.3) is 0 Å². The molecule has 176 valence electrons. The van der Waals surface area contributed by atoms with E-state index in [1.807, 2.05) is 61.5 Å². The van der Waals surface area contributed by atoms with Gasteiger partial charge in [-0.1, -0.05) is 67.4 Å². The van der Waals surface area contributed by atoms with Crippen molar-refractivity contribution in [2.24, 2.45) is 5.92 Å². The number of hydrogen-bond donors (Lipinski definition) is 3. The number of nitrogens with one attached hydrogen (secondary N) is 2. The molecule has 1 aromatic heterocycles. The van der Waals surface area contributed by atoms with Crippen LogP contribution in [-0.4, -0.2) is 33.2 Å². The number of carboxylic acids is 1. The maximum Gasteiger partial charge on any atom is 0.412 e. The average Bonchev–Trinajstić information content (AvgIpc) is 3.67. The van der Waals surface area contributed by atoms with Crippen molar-refractivity contribution >= 4 is 17.7 Å². The Bertz CT molecular complexity index is 1120. The van der Waals surface area contributed by atoms with Crippen LogP contribution < -0.4 is 10.6 Å². The van der Waals surface area contributed by atoms with Crippen molar-refractivity contribution in [2.75, 3.05) is 5.32 Å². The van der Waals surface area contributed by atoms with E-state index in [2.05, 4.69) is 20.6 Å². The van der Waals surface area contributed by atoms with Crippen LogP contribution >= 0.6 is 0 Å². The minimum Gasteiger partial charge on any atom is -0.480 e. The van der Waals surface area contributed by atoms with Crippen molar-refractivity contribution in [3.05, 3.63) is 78.2 Å². The first-order chi connectivity index (χ1) is 16.5. The Hall–Kier alpha value is -3.78. The molecule has 1 saturated carbocycles. The van der Waals surface area contributed by atoms with Crippen LogP contribution in [0.1, 0.15) is 43.4 Å². The number of carbonyl (C=O) groups excluding carboxylic acids is 1. The quantitative estimate of drug-likeness (QED) is 0.398. The van der Waals surface area contributed by atoms with Gasteiger partial charge in [-0.05, 0) is 30.4 Å². The molecule has 0 aliphatic heterocycles. The molecule has 2 unspecified atom stereocenters. The molecule has 3 aromatic rings. The molecule has 1 aliphatic carbocycles. The number of anilines is 1. The van der Waals surface area contributed by atoms with Crippen molar-refractivity contribution in [1.29, 1.82) is 0 Å². The first-order valence-corrected chi connectivity index (χ1v) is 11.4. The first-order valence-electron chi connectivity index (χ1n) is 11.4. The molecular formula is C26H28N4O4. The van der Waals surface area contributed by atoms with Crippen molar-refractivity contribution < 1.29 is 19.4 Å². The summed E-state index contributed by atoms with van der Waals surface area (Å²) in [5.41, 5.74) is 3.66. The lowest BCUT2D eigenvalue weighted by Gasteiger charge is -2.16. The number of rotatable bonds is 10. The molecule has 1 fully saturated rings. The number of carboxylic acid groups (broad SMARTS) is 1. The third-order valence-electron chi connectivity index (χ3n) is 5.85. The predicted octanol–water partition coefficient (Wildman–Crippen LogP) is 4.80. The molecule has 1 amide bonds. The van der Waals surface area contributed by atoms with E-state index in [4.69, 9.17) is 4.74 Å². The van der Waals surface area contributed by atoms with Crippen LogP contribution in [0.4, 0.5) is 10.5 Å². The Morgan fingerprint density at radius 3 is 2.53 bits per heavy atom. The third kappa shape index (κ3) is 6.39. The molecule has 1 aliphatic rings. The maximum atomic E-state index is 12.5. The molecular weight excluding hydrogens is 432 g/mol.